The molecule has 0 aliphatic rings. The van der Waals surface area contributed by atoms with Crippen molar-refractivity contribution in [3.63, 3.8) is 0 Å². The van der Waals surface area contributed by atoms with Gasteiger partial charge in [0.05, 0.1) is 34.2 Å². The second kappa shape index (κ2) is 7.40. The fraction of sp³-hybridized carbons (Fsp3) is 0.316. The first-order valence-electron chi connectivity index (χ1n) is 8.05. The maximum absolute atomic E-state index is 12.1. The predicted octanol–water partition coefficient (Wildman–Crippen LogP) is 4.94. The fourth-order valence-corrected chi connectivity index (χ4v) is 3.62. The van der Waals surface area contributed by atoms with Gasteiger partial charge in [-0.05, 0) is 56.2 Å². The van der Waals surface area contributed by atoms with Gasteiger partial charge in [0.2, 0.25) is 0 Å². The molecule has 132 valence electrons. The topological polar surface area (TPSA) is 55.1 Å². The van der Waals surface area contributed by atoms with Crippen molar-refractivity contribution in [1.29, 1.82) is 0 Å². The number of benzene rings is 1. The molecule has 0 amide bonds. The lowest BCUT2D eigenvalue weighted by molar-refractivity contribution is 0.613. The van der Waals surface area contributed by atoms with Crippen LogP contribution in [0.25, 0.3) is 22.1 Å². The number of furan rings is 1. The van der Waals surface area contributed by atoms with E-state index in [9.17, 15) is 4.21 Å². The van der Waals surface area contributed by atoms with Crippen molar-refractivity contribution in [3.8, 4) is 11.1 Å². The van der Waals surface area contributed by atoms with Crippen LogP contribution in [0.15, 0.2) is 47.2 Å². The van der Waals surface area contributed by atoms with E-state index in [-0.39, 0.29) is 4.75 Å². The molecule has 0 aliphatic carbocycles. The Morgan fingerprint density at radius 1 is 1.20 bits per heavy atom. The first-order valence-corrected chi connectivity index (χ1v) is 10.3. The summed E-state index contributed by atoms with van der Waals surface area (Å²) in [5.41, 5.74) is 5.07. The maximum atomic E-state index is 12.1. The highest BCUT2D eigenvalue weighted by atomic mass is 79.9. The van der Waals surface area contributed by atoms with Gasteiger partial charge in [-0.2, -0.15) is 0 Å². The average molecular weight is 421 g/mol. The number of hydrogen-bond donors (Lipinski definition) is 1. The molecule has 3 aromatic rings. The summed E-state index contributed by atoms with van der Waals surface area (Å²) in [5.74, 6) is 0. The summed E-state index contributed by atoms with van der Waals surface area (Å²) < 4.78 is 20.5. The Balaban J connectivity index is 1.85. The number of fused-ring (bicyclic) bond motifs is 1. The molecule has 0 aliphatic heterocycles. The maximum Gasteiger partial charge on any atom is 0.134 e. The summed E-state index contributed by atoms with van der Waals surface area (Å²) in [7, 11) is -1.11. The summed E-state index contributed by atoms with van der Waals surface area (Å²) in [6, 6.07) is 10.2. The monoisotopic (exact) mass is 420 g/mol. The first-order chi connectivity index (χ1) is 11.9. The van der Waals surface area contributed by atoms with Crippen LogP contribution in [-0.4, -0.2) is 13.9 Å². The van der Waals surface area contributed by atoms with Crippen LogP contribution < -0.4 is 4.72 Å². The van der Waals surface area contributed by atoms with Crippen molar-refractivity contribution >= 4 is 37.9 Å². The third-order valence-electron chi connectivity index (χ3n) is 3.89. The van der Waals surface area contributed by atoms with E-state index >= 15 is 0 Å². The molecule has 6 heteroatoms. The largest absolute Gasteiger partial charge is 0.464 e. The third-order valence-corrected chi connectivity index (χ3v) is 6.01. The van der Waals surface area contributed by atoms with Gasteiger partial charge < -0.3 is 4.42 Å². The van der Waals surface area contributed by atoms with Gasteiger partial charge >= 0.3 is 0 Å². The minimum atomic E-state index is -1.11. The van der Waals surface area contributed by atoms with Crippen molar-refractivity contribution in [3.05, 3.63) is 54.0 Å². The van der Waals surface area contributed by atoms with Crippen molar-refractivity contribution < 1.29 is 8.63 Å². The molecule has 0 radical (unpaired) electrons. The van der Waals surface area contributed by atoms with Crippen LogP contribution in [0.3, 0.4) is 0 Å². The third kappa shape index (κ3) is 4.19. The molecule has 1 atom stereocenters. The number of nitrogens with one attached hydrogen (secondary N) is 1. The van der Waals surface area contributed by atoms with Crippen LogP contribution in [-0.2, 0) is 22.9 Å². The molecule has 2 heterocycles. The number of halogens is 1. The van der Waals surface area contributed by atoms with Gasteiger partial charge in [0.1, 0.15) is 5.58 Å². The van der Waals surface area contributed by atoms with Crippen molar-refractivity contribution in [1.82, 2.24) is 9.71 Å². The standard InChI is InChI=1S/C19H21BrN2O2S/c1-19(2,3)25(23)22-11-16-8-14(6-7-21-16)13-4-5-18-17(9-13)15(10-20)12-24-18/h4-9,12,22H,10-11H2,1-3H3/t25-/m0/s1. The number of alkyl halides is 1. The van der Waals surface area contributed by atoms with Gasteiger partial charge in [0, 0.05) is 22.5 Å². The summed E-state index contributed by atoms with van der Waals surface area (Å²) in [6.45, 7) is 6.31. The summed E-state index contributed by atoms with van der Waals surface area (Å²) in [4.78, 5) is 4.38. The highest BCUT2D eigenvalue weighted by Crippen LogP contribution is 2.29. The van der Waals surface area contributed by atoms with Crippen molar-refractivity contribution in [2.75, 3.05) is 0 Å². The molecule has 0 unspecified atom stereocenters. The van der Waals surface area contributed by atoms with Crippen LogP contribution in [0.2, 0.25) is 0 Å². The van der Waals surface area contributed by atoms with E-state index in [1.807, 2.05) is 45.0 Å². The zero-order valence-corrected chi connectivity index (χ0v) is 16.9. The van der Waals surface area contributed by atoms with Crippen LogP contribution in [0, 0.1) is 0 Å². The first kappa shape index (κ1) is 18.3. The zero-order valence-electron chi connectivity index (χ0n) is 14.5. The highest BCUT2D eigenvalue weighted by molar-refractivity contribution is 9.08. The number of rotatable bonds is 5. The van der Waals surface area contributed by atoms with Gasteiger partial charge in [-0.1, -0.05) is 22.0 Å². The number of hydrogen-bond acceptors (Lipinski definition) is 3. The quantitative estimate of drug-likeness (QED) is 0.594. The number of nitrogens with zero attached hydrogens (tertiary/aromatic N) is 1. The molecule has 25 heavy (non-hydrogen) atoms. The summed E-state index contributed by atoms with van der Waals surface area (Å²) in [6.07, 6.45) is 3.57. The minimum Gasteiger partial charge on any atom is -0.464 e. The molecule has 0 saturated carbocycles. The molecule has 0 bridgehead atoms. The van der Waals surface area contributed by atoms with Crippen LogP contribution in [0.1, 0.15) is 32.0 Å². The fourth-order valence-electron chi connectivity index (χ4n) is 2.48. The second-order valence-electron chi connectivity index (χ2n) is 6.84. The Kier molecular flexibility index (Phi) is 5.41. The Labute approximate surface area is 158 Å². The van der Waals surface area contributed by atoms with E-state index in [2.05, 4.69) is 31.7 Å². The Morgan fingerprint density at radius 2 is 1.96 bits per heavy atom. The normalized spacial score (nSPS) is 13.3. The Bertz CT molecular complexity index is 915. The minimum absolute atomic E-state index is 0.296. The van der Waals surface area contributed by atoms with Gasteiger partial charge in [-0.3, -0.25) is 4.98 Å². The Morgan fingerprint density at radius 3 is 2.68 bits per heavy atom. The smallest absolute Gasteiger partial charge is 0.134 e. The molecule has 4 nitrogen and oxygen atoms in total. The molecular formula is C19H21BrN2O2S. The highest BCUT2D eigenvalue weighted by Gasteiger charge is 2.19. The van der Waals surface area contributed by atoms with Gasteiger partial charge in [0.25, 0.3) is 0 Å². The lowest BCUT2D eigenvalue weighted by Crippen LogP contribution is -2.33. The van der Waals surface area contributed by atoms with Crippen molar-refractivity contribution in [2.24, 2.45) is 0 Å². The lowest BCUT2D eigenvalue weighted by atomic mass is 10.0. The van der Waals surface area contributed by atoms with Crippen LogP contribution in [0.4, 0.5) is 0 Å². The lowest BCUT2D eigenvalue weighted by Gasteiger charge is -2.18. The zero-order chi connectivity index (χ0) is 18.0. The molecule has 1 N–H and O–H groups in total. The van der Waals surface area contributed by atoms with Gasteiger partial charge in [-0.15, -0.1) is 0 Å². The van der Waals surface area contributed by atoms with E-state index in [0.717, 1.165) is 38.7 Å². The molecular weight excluding hydrogens is 400 g/mol. The molecule has 2 aromatic heterocycles. The van der Waals surface area contributed by atoms with E-state index in [4.69, 9.17) is 4.42 Å². The SMILES string of the molecule is CC(C)(C)[S@](=O)NCc1cc(-c2ccc3occ(CBr)c3c2)ccn1. The molecule has 3 rings (SSSR count). The molecule has 0 fully saturated rings. The second-order valence-corrected chi connectivity index (χ2v) is 9.46. The summed E-state index contributed by atoms with van der Waals surface area (Å²) in [5, 5.41) is 1.87. The van der Waals surface area contributed by atoms with E-state index in [1.165, 1.54) is 0 Å². The number of pyridine rings is 1. The van der Waals surface area contributed by atoms with E-state index in [1.54, 1.807) is 12.5 Å². The van der Waals surface area contributed by atoms with Crippen LogP contribution >= 0.6 is 15.9 Å². The molecule has 0 saturated heterocycles. The van der Waals surface area contributed by atoms with Gasteiger partial charge in [0.15, 0.2) is 0 Å². The predicted molar refractivity (Wildman–Crippen MR) is 107 cm³/mol. The Hall–Kier alpha value is -1.50. The summed E-state index contributed by atoms with van der Waals surface area (Å²) >= 11 is 3.49. The van der Waals surface area contributed by atoms with E-state index in [0.29, 0.717) is 6.54 Å². The number of aromatic nitrogens is 1. The average Bonchev–Trinajstić information content (AvgIpc) is 3.01. The van der Waals surface area contributed by atoms with Crippen LogP contribution in [0.5, 0.6) is 0 Å². The molecule has 0 spiro atoms. The molecule has 1 aromatic carbocycles. The van der Waals surface area contributed by atoms with E-state index < -0.39 is 11.0 Å². The van der Waals surface area contributed by atoms with Crippen molar-refractivity contribution in [2.45, 2.75) is 37.4 Å². The van der Waals surface area contributed by atoms with Gasteiger partial charge in [-0.25, -0.2) is 8.93 Å².